The molecule has 1 rings (SSSR count). The van der Waals surface area contributed by atoms with Gasteiger partial charge in [-0.15, -0.1) is 0 Å². The molecule has 1 unspecified atom stereocenters. The van der Waals surface area contributed by atoms with Gasteiger partial charge in [0.1, 0.15) is 0 Å². The van der Waals surface area contributed by atoms with E-state index in [1.807, 2.05) is 13.8 Å². The van der Waals surface area contributed by atoms with Crippen molar-refractivity contribution in [1.82, 2.24) is 5.32 Å². The van der Waals surface area contributed by atoms with E-state index < -0.39 is 0 Å². The number of ether oxygens (including phenoxy) is 1. The maximum absolute atomic E-state index is 11.9. The molecule has 0 heterocycles. The summed E-state index contributed by atoms with van der Waals surface area (Å²) in [5.74, 6) is -0.152. The van der Waals surface area contributed by atoms with Crippen molar-refractivity contribution in [2.24, 2.45) is 0 Å². The average molecular weight is 321 g/mol. The number of amides is 1. The summed E-state index contributed by atoms with van der Waals surface area (Å²) in [4.78, 5) is 11.9. The number of carbonyl (C=O) groups excluding carboxylic acids is 1. The van der Waals surface area contributed by atoms with E-state index in [0.29, 0.717) is 23.8 Å². The van der Waals surface area contributed by atoms with Crippen LogP contribution in [0.5, 0.6) is 0 Å². The van der Waals surface area contributed by atoms with Crippen molar-refractivity contribution < 1.29 is 9.53 Å². The van der Waals surface area contributed by atoms with Crippen LogP contribution in [0, 0.1) is 0 Å². The first-order chi connectivity index (χ1) is 8.02. The fourth-order valence-electron chi connectivity index (χ4n) is 1.33. The summed E-state index contributed by atoms with van der Waals surface area (Å²) in [7, 11) is 0. The van der Waals surface area contributed by atoms with E-state index in [9.17, 15) is 4.79 Å². The Morgan fingerprint density at radius 2 is 2.24 bits per heavy atom. The number of nitrogens with one attached hydrogen (secondary N) is 1. The molecule has 1 atom stereocenters. The topological polar surface area (TPSA) is 38.3 Å². The molecular formula is C12H15BrClNO2. The molecule has 0 bridgehead atoms. The highest BCUT2D eigenvalue weighted by Crippen LogP contribution is 2.19. The number of benzene rings is 1. The Bertz CT molecular complexity index is 378. The van der Waals surface area contributed by atoms with Crippen LogP contribution in [0.3, 0.4) is 0 Å². The van der Waals surface area contributed by atoms with E-state index in [2.05, 4.69) is 21.2 Å². The van der Waals surface area contributed by atoms with Gasteiger partial charge in [-0.3, -0.25) is 4.79 Å². The van der Waals surface area contributed by atoms with Gasteiger partial charge in [0, 0.05) is 27.7 Å². The van der Waals surface area contributed by atoms with Crippen LogP contribution in [0.4, 0.5) is 0 Å². The molecule has 0 radical (unpaired) electrons. The smallest absolute Gasteiger partial charge is 0.251 e. The molecule has 0 spiro atoms. The minimum absolute atomic E-state index is 0.0276. The number of carbonyl (C=O) groups is 1. The molecule has 0 saturated carbocycles. The molecule has 1 aromatic rings. The van der Waals surface area contributed by atoms with Crippen LogP contribution in [-0.2, 0) is 4.74 Å². The van der Waals surface area contributed by atoms with Gasteiger partial charge >= 0.3 is 0 Å². The van der Waals surface area contributed by atoms with E-state index in [1.54, 1.807) is 18.2 Å². The predicted molar refractivity (Wildman–Crippen MR) is 72.6 cm³/mol. The van der Waals surface area contributed by atoms with Crippen LogP contribution >= 0.6 is 27.5 Å². The summed E-state index contributed by atoms with van der Waals surface area (Å²) in [6, 6.07) is 5.08. The lowest BCUT2D eigenvalue weighted by Crippen LogP contribution is -2.35. The third kappa shape index (κ3) is 5.06. The first-order valence-corrected chi connectivity index (χ1v) is 6.54. The zero-order valence-electron chi connectivity index (χ0n) is 9.80. The van der Waals surface area contributed by atoms with Crippen molar-refractivity contribution in [1.29, 1.82) is 0 Å². The van der Waals surface area contributed by atoms with E-state index in [0.717, 1.165) is 4.47 Å². The minimum Gasteiger partial charge on any atom is -0.380 e. The van der Waals surface area contributed by atoms with E-state index >= 15 is 0 Å². The standard InChI is InChI=1S/C12H15BrClNO2/c1-3-17-7-8(2)15-12(16)9-4-10(13)6-11(14)5-9/h4-6,8H,3,7H2,1-2H3,(H,15,16). The number of rotatable bonds is 5. The second kappa shape index (κ2) is 6.99. The number of hydrogen-bond acceptors (Lipinski definition) is 2. The zero-order chi connectivity index (χ0) is 12.8. The van der Waals surface area contributed by atoms with Crippen LogP contribution in [0.1, 0.15) is 24.2 Å². The quantitative estimate of drug-likeness (QED) is 0.904. The fraction of sp³-hybridized carbons (Fsp3) is 0.417. The molecule has 0 aliphatic carbocycles. The highest BCUT2D eigenvalue weighted by atomic mass is 79.9. The Morgan fingerprint density at radius 3 is 2.82 bits per heavy atom. The molecule has 1 aromatic carbocycles. The van der Waals surface area contributed by atoms with Gasteiger partial charge in [-0.2, -0.15) is 0 Å². The zero-order valence-corrected chi connectivity index (χ0v) is 12.1. The van der Waals surface area contributed by atoms with Gasteiger partial charge in [0.15, 0.2) is 0 Å². The minimum atomic E-state index is -0.152. The van der Waals surface area contributed by atoms with Crippen molar-refractivity contribution in [2.45, 2.75) is 19.9 Å². The van der Waals surface area contributed by atoms with Crippen LogP contribution in [-0.4, -0.2) is 25.2 Å². The summed E-state index contributed by atoms with van der Waals surface area (Å²) >= 11 is 9.18. The maximum atomic E-state index is 11.9. The Morgan fingerprint density at radius 1 is 1.53 bits per heavy atom. The summed E-state index contributed by atoms with van der Waals surface area (Å²) in [5.41, 5.74) is 0.535. The molecule has 0 aliphatic heterocycles. The predicted octanol–water partition coefficient (Wildman–Crippen LogP) is 3.26. The Balaban J connectivity index is 2.63. The molecule has 94 valence electrons. The van der Waals surface area contributed by atoms with E-state index in [1.165, 1.54) is 0 Å². The molecule has 5 heteroatoms. The van der Waals surface area contributed by atoms with Gasteiger partial charge in [0.2, 0.25) is 0 Å². The molecule has 0 aromatic heterocycles. The molecule has 3 nitrogen and oxygen atoms in total. The highest BCUT2D eigenvalue weighted by Gasteiger charge is 2.11. The van der Waals surface area contributed by atoms with Gasteiger partial charge in [-0.25, -0.2) is 0 Å². The van der Waals surface area contributed by atoms with Crippen LogP contribution in [0.25, 0.3) is 0 Å². The van der Waals surface area contributed by atoms with Crippen molar-refractivity contribution in [3.63, 3.8) is 0 Å². The van der Waals surface area contributed by atoms with Crippen molar-refractivity contribution in [2.75, 3.05) is 13.2 Å². The van der Waals surface area contributed by atoms with Crippen LogP contribution in [0.2, 0.25) is 5.02 Å². The van der Waals surface area contributed by atoms with E-state index in [4.69, 9.17) is 16.3 Å². The second-order valence-corrected chi connectivity index (χ2v) is 5.04. The maximum Gasteiger partial charge on any atom is 0.251 e. The number of hydrogen-bond donors (Lipinski definition) is 1. The molecule has 0 saturated heterocycles. The Labute approximate surface area is 115 Å². The third-order valence-electron chi connectivity index (χ3n) is 2.07. The lowest BCUT2D eigenvalue weighted by Gasteiger charge is -2.13. The van der Waals surface area contributed by atoms with Crippen molar-refractivity contribution >= 4 is 33.4 Å². The van der Waals surface area contributed by atoms with E-state index in [-0.39, 0.29) is 11.9 Å². The summed E-state index contributed by atoms with van der Waals surface area (Å²) < 4.78 is 6.01. The van der Waals surface area contributed by atoms with Crippen molar-refractivity contribution in [3.8, 4) is 0 Å². The molecule has 0 fully saturated rings. The van der Waals surface area contributed by atoms with Crippen molar-refractivity contribution in [3.05, 3.63) is 33.3 Å². The monoisotopic (exact) mass is 319 g/mol. The van der Waals surface area contributed by atoms with Gasteiger partial charge in [-0.05, 0) is 32.0 Å². The molecule has 1 N–H and O–H groups in total. The average Bonchev–Trinajstić information content (AvgIpc) is 2.25. The Kier molecular flexibility index (Phi) is 5.95. The first kappa shape index (κ1) is 14.5. The van der Waals surface area contributed by atoms with Gasteiger partial charge in [-0.1, -0.05) is 27.5 Å². The number of halogens is 2. The van der Waals surface area contributed by atoms with Gasteiger partial charge < -0.3 is 10.1 Å². The van der Waals surface area contributed by atoms with Gasteiger partial charge in [0.05, 0.1) is 6.61 Å². The highest BCUT2D eigenvalue weighted by molar-refractivity contribution is 9.10. The lowest BCUT2D eigenvalue weighted by molar-refractivity contribution is 0.0872. The van der Waals surface area contributed by atoms with Gasteiger partial charge in [0.25, 0.3) is 5.91 Å². The normalized spacial score (nSPS) is 12.2. The molecular weight excluding hydrogens is 305 g/mol. The molecule has 17 heavy (non-hydrogen) atoms. The van der Waals surface area contributed by atoms with Crippen LogP contribution in [0.15, 0.2) is 22.7 Å². The third-order valence-corrected chi connectivity index (χ3v) is 2.75. The lowest BCUT2D eigenvalue weighted by atomic mass is 10.2. The first-order valence-electron chi connectivity index (χ1n) is 5.37. The summed E-state index contributed by atoms with van der Waals surface area (Å²) in [5, 5.41) is 3.37. The summed E-state index contributed by atoms with van der Waals surface area (Å²) in [6.07, 6.45) is 0. The Hall–Kier alpha value is -0.580. The summed E-state index contributed by atoms with van der Waals surface area (Å²) in [6.45, 7) is 4.96. The fourth-order valence-corrected chi connectivity index (χ4v) is 2.19. The molecule has 0 aliphatic rings. The van der Waals surface area contributed by atoms with Crippen LogP contribution < -0.4 is 5.32 Å². The largest absolute Gasteiger partial charge is 0.380 e. The molecule has 1 amide bonds. The second-order valence-electron chi connectivity index (χ2n) is 3.69. The SMILES string of the molecule is CCOCC(C)NC(=O)c1cc(Cl)cc(Br)c1.